The summed E-state index contributed by atoms with van der Waals surface area (Å²) in [5, 5.41) is 2.33. The SMILES string of the molecule is C=CCOOCCCCCCOc1ccc(-c2ccc3cc(OCCCCCCOC(=O)C=C)ccc3c2)cc1. The van der Waals surface area contributed by atoms with E-state index in [4.69, 9.17) is 24.0 Å². The van der Waals surface area contributed by atoms with Crippen LogP contribution in [0.4, 0.5) is 0 Å². The van der Waals surface area contributed by atoms with Crippen molar-refractivity contribution in [3.63, 3.8) is 0 Å². The maximum Gasteiger partial charge on any atom is 0.330 e. The third kappa shape index (κ3) is 11.6. The molecule has 0 atom stereocenters. The number of carbonyl (C=O) groups is 1. The molecule has 0 fully saturated rings. The molecule has 3 aromatic carbocycles. The zero-order valence-corrected chi connectivity index (χ0v) is 23.5. The first kappa shape index (κ1) is 30.9. The lowest BCUT2D eigenvalue weighted by Gasteiger charge is -2.10. The van der Waals surface area contributed by atoms with Crippen LogP contribution in [0.3, 0.4) is 0 Å². The van der Waals surface area contributed by atoms with Crippen molar-refractivity contribution in [2.75, 3.05) is 33.0 Å². The van der Waals surface area contributed by atoms with Crippen molar-refractivity contribution in [2.45, 2.75) is 51.4 Å². The molecule has 6 heteroatoms. The second-order valence-electron chi connectivity index (χ2n) is 9.54. The number of carbonyl (C=O) groups excluding carboxylic acids is 1. The number of unbranched alkanes of at least 4 members (excludes halogenated alkanes) is 6. The first-order chi connectivity index (χ1) is 19.7. The van der Waals surface area contributed by atoms with Gasteiger partial charge in [-0.3, -0.25) is 0 Å². The van der Waals surface area contributed by atoms with E-state index in [1.807, 2.05) is 18.2 Å². The van der Waals surface area contributed by atoms with Crippen LogP contribution < -0.4 is 9.47 Å². The molecule has 0 saturated carbocycles. The van der Waals surface area contributed by atoms with E-state index in [-0.39, 0.29) is 5.97 Å². The lowest BCUT2D eigenvalue weighted by molar-refractivity contribution is -0.286. The number of hydrogen-bond donors (Lipinski definition) is 0. The van der Waals surface area contributed by atoms with Crippen LogP contribution in [-0.4, -0.2) is 39.0 Å². The van der Waals surface area contributed by atoms with Gasteiger partial charge in [0, 0.05) is 6.08 Å². The average Bonchev–Trinajstić information content (AvgIpc) is 2.99. The molecule has 6 nitrogen and oxygen atoms in total. The fourth-order valence-electron chi connectivity index (χ4n) is 4.18. The van der Waals surface area contributed by atoms with Gasteiger partial charge in [-0.15, -0.1) is 6.58 Å². The number of benzene rings is 3. The molecule has 3 rings (SSSR count). The molecule has 3 aromatic rings. The third-order valence-corrected chi connectivity index (χ3v) is 6.38. The summed E-state index contributed by atoms with van der Waals surface area (Å²) in [6.45, 7) is 9.83. The number of fused-ring (bicyclic) bond motifs is 1. The van der Waals surface area contributed by atoms with E-state index in [1.54, 1.807) is 6.08 Å². The third-order valence-electron chi connectivity index (χ3n) is 6.38. The number of hydrogen-bond acceptors (Lipinski definition) is 6. The number of esters is 1. The fraction of sp³-hybridized carbons (Fsp3) is 0.382. The van der Waals surface area contributed by atoms with Gasteiger partial charge in [-0.25, -0.2) is 14.6 Å². The molecule has 0 spiro atoms. The van der Waals surface area contributed by atoms with Crippen LogP contribution in [0.2, 0.25) is 0 Å². The summed E-state index contributed by atoms with van der Waals surface area (Å²) < 4.78 is 16.9. The standard InChI is InChI=1S/C34H42O6/c1-3-21-39-40-25-12-8-7-9-22-36-32-18-15-28(16-19-32)29-13-14-31-27-33(20-17-30(31)26-29)37-23-10-5-6-11-24-38-34(35)4-2/h3-4,13-20,26-27H,1-2,5-12,21-25H2. The Bertz CT molecular complexity index is 1170. The first-order valence-corrected chi connectivity index (χ1v) is 14.2. The van der Waals surface area contributed by atoms with Crippen molar-refractivity contribution in [2.24, 2.45) is 0 Å². The highest BCUT2D eigenvalue weighted by Gasteiger charge is 2.04. The highest BCUT2D eigenvalue weighted by Crippen LogP contribution is 2.28. The molecule has 40 heavy (non-hydrogen) atoms. The van der Waals surface area contributed by atoms with Gasteiger partial charge < -0.3 is 14.2 Å². The minimum atomic E-state index is -0.360. The van der Waals surface area contributed by atoms with Gasteiger partial charge in [-0.1, -0.05) is 49.4 Å². The summed E-state index contributed by atoms with van der Waals surface area (Å²) >= 11 is 0. The topological polar surface area (TPSA) is 63.2 Å². The Balaban J connectivity index is 1.35. The molecular weight excluding hydrogens is 504 g/mol. The highest BCUT2D eigenvalue weighted by molar-refractivity contribution is 5.88. The zero-order chi connectivity index (χ0) is 28.3. The van der Waals surface area contributed by atoms with E-state index < -0.39 is 0 Å². The quantitative estimate of drug-likeness (QED) is 0.0335. The first-order valence-electron chi connectivity index (χ1n) is 14.2. The van der Waals surface area contributed by atoms with Gasteiger partial charge in [0.1, 0.15) is 18.1 Å². The van der Waals surface area contributed by atoms with Crippen LogP contribution in [0, 0.1) is 0 Å². The Labute approximate surface area is 238 Å². The highest BCUT2D eigenvalue weighted by atomic mass is 17.2. The van der Waals surface area contributed by atoms with Crippen LogP contribution in [-0.2, 0) is 19.3 Å². The summed E-state index contributed by atoms with van der Waals surface area (Å²) in [4.78, 5) is 21.0. The van der Waals surface area contributed by atoms with Gasteiger partial charge in [0.15, 0.2) is 0 Å². The summed E-state index contributed by atoms with van der Waals surface area (Å²) in [5.41, 5.74) is 2.33. The maximum absolute atomic E-state index is 11.0. The number of ether oxygens (including phenoxy) is 3. The number of rotatable bonds is 21. The van der Waals surface area contributed by atoms with Crippen molar-refractivity contribution in [1.82, 2.24) is 0 Å². The predicted molar refractivity (Wildman–Crippen MR) is 161 cm³/mol. The fourth-order valence-corrected chi connectivity index (χ4v) is 4.18. The second kappa shape index (κ2) is 18.6. The Morgan fingerprint density at radius 3 is 1.88 bits per heavy atom. The van der Waals surface area contributed by atoms with E-state index in [0.29, 0.717) is 33.0 Å². The van der Waals surface area contributed by atoms with E-state index in [9.17, 15) is 4.79 Å². The molecule has 0 radical (unpaired) electrons. The summed E-state index contributed by atoms with van der Waals surface area (Å²) in [6.07, 6.45) is 10.9. The largest absolute Gasteiger partial charge is 0.494 e. The van der Waals surface area contributed by atoms with E-state index in [2.05, 4.69) is 55.6 Å². The van der Waals surface area contributed by atoms with Gasteiger partial charge >= 0.3 is 5.97 Å². The summed E-state index contributed by atoms with van der Waals surface area (Å²) in [6, 6.07) is 21.0. The predicted octanol–water partition coefficient (Wildman–Crippen LogP) is 8.25. The lowest BCUT2D eigenvalue weighted by Crippen LogP contribution is -2.02. The minimum Gasteiger partial charge on any atom is -0.494 e. The summed E-state index contributed by atoms with van der Waals surface area (Å²) in [7, 11) is 0. The van der Waals surface area contributed by atoms with Crippen molar-refractivity contribution >= 4 is 16.7 Å². The summed E-state index contributed by atoms with van der Waals surface area (Å²) in [5.74, 6) is 1.41. The van der Waals surface area contributed by atoms with Crippen LogP contribution in [0.1, 0.15) is 51.4 Å². The monoisotopic (exact) mass is 546 g/mol. The average molecular weight is 547 g/mol. The Hall–Kier alpha value is -3.61. The molecule has 0 aliphatic rings. The molecule has 0 unspecified atom stereocenters. The smallest absolute Gasteiger partial charge is 0.330 e. The zero-order valence-electron chi connectivity index (χ0n) is 23.5. The molecule has 0 aliphatic carbocycles. The molecule has 0 saturated heterocycles. The molecule has 0 aliphatic heterocycles. The second-order valence-corrected chi connectivity index (χ2v) is 9.54. The molecule has 0 aromatic heterocycles. The minimum absolute atomic E-state index is 0.360. The molecule has 214 valence electrons. The van der Waals surface area contributed by atoms with Crippen LogP contribution in [0.15, 0.2) is 86.0 Å². The molecule has 0 amide bonds. The van der Waals surface area contributed by atoms with E-state index >= 15 is 0 Å². The Kier molecular flexibility index (Phi) is 14.4. The molecule has 0 bridgehead atoms. The van der Waals surface area contributed by atoms with Crippen molar-refractivity contribution in [1.29, 1.82) is 0 Å². The van der Waals surface area contributed by atoms with Gasteiger partial charge in [0.25, 0.3) is 0 Å². The van der Waals surface area contributed by atoms with Gasteiger partial charge in [-0.05, 0) is 97.2 Å². The van der Waals surface area contributed by atoms with Crippen LogP contribution in [0.5, 0.6) is 11.5 Å². The van der Waals surface area contributed by atoms with Crippen molar-refractivity contribution < 1.29 is 28.8 Å². The molecule has 0 heterocycles. The molecule has 0 N–H and O–H groups in total. The normalized spacial score (nSPS) is 10.8. The molecular formula is C34H42O6. The Morgan fingerprint density at radius 2 is 1.18 bits per heavy atom. The van der Waals surface area contributed by atoms with Crippen molar-refractivity contribution in [3.8, 4) is 22.6 Å². The van der Waals surface area contributed by atoms with E-state index in [1.165, 1.54) is 17.0 Å². The lowest BCUT2D eigenvalue weighted by atomic mass is 10.0. The van der Waals surface area contributed by atoms with Crippen LogP contribution >= 0.6 is 0 Å². The van der Waals surface area contributed by atoms with Gasteiger partial charge in [0.2, 0.25) is 0 Å². The van der Waals surface area contributed by atoms with E-state index in [0.717, 1.165) is 73.8 Å². The maximum atomic E-state index is 11.0. The van der Waals surface area contributed by atoms with Crippen LogP contribution in [0.25, 0.3) is 21.9 Å². The van der Waals surface area contributed by atoms with Gasteiger partial charge in [-0.2, -0.15) is 0 Å². The Morgan fingerprint density at radius 1 is 0.600 bits per heavy atom. The van der Waals surface area contributed by atoms with Crippen molar-refractivity contribution in [3.05, 3.63) is 86.0 Å². The van der Waals surface area contributed by atoms with Gasteiger partial charge in [0.05, 0.1) is 26.4 Å².